The van der Waals surface area contributed by atoms with Gasteiger partial charge in [0, 0.05) is 29.7 Å². The van der Waals surface area contributed by atoms with E-state index in [0.29, 0.717) is 16.9 Å². The molecule has 1 aliphatic heterocycles. The molecule has 1 aliphatic rings. The molecule has 1 fully saturated rings. The fraction of sp³-hybridized carbons (Fsp3) is 0.292. The summed E-state index contributed by atoms with van der Waals surface area (Å²) in [7, 11) is -3.84. The first-order valence-electron chi connectivity index (χ1n) is 10.9. The second-order valence-corrected chi connectivity index (χ2v) is 9.82. The fourth-order valence-corrected chi connectivity index (χ4v) is 4.69. The van der Waals surface area contributed by atoms with Gasteiger partial charge in [0.2, 0.25) is 5.95 Å². The number of likely N-dealkylation sites (tertiary alicyclic amines) is 1. The summed E-state index contributed by atoms with van der Waals surface area (Å²) in [4.78, 5) is 23.1. The summed E-state index contributed by atoms with van der Waals surface area (Å²) in [6.45, 7) is 4.90. The summed E-state index contributed by atoms with van der Waals surface area (Å²) in [6, 6.07) is 15.2. The third-order valence-corrected chi connectivity index (χ3v) is 6.86. The predicted octanol–water partition coefficient (Wildman–Crippen LogP) is 3.82. The Hall–Kier alpha value is -3.30. The van der Waals surface area contributed by atoms with Crippen LogP contribution in [0.1, 0.15) is 40.9 Å². The first-order valence-corrected chi connectivity index (χ1v) is 12.4. The zero-order valence-corrected chi connectivity index (χ0v) is 19.3. The lowest BCUT2D eigenvalue weighted by molar-refractivity contribution is 0.102. The van der Waals surface area contributed by atoms with Gasteiger partial charge in [-0.15, -0.1) is 0 Å². The standard InChI is InChI=1S/C24H27N5O3S/c1-18-13-14-25-24(26-18)28-33(31,32)22-11-9-21(10-12-22)27-23(30)20-7-5-19(6-8-20)17-29-15-3-2-4-16-29/h5-14H,2-4,15-17H2,1H3,(H,27,30)(H,25,26,28). The number of hydrogen-bond acceptors (Lipinski definition) is 6. The van der Waals surface area contributed by atoms with Crippen molar-refractivity contribution < 1.29 is 13.2 Å². The normalized spacial score (nSPS) is 14.6. The summed E-state index contributed by atoms with van der Waals surface area (Å²) >= 11 is 0. The van der Waals surface area contributed by atoms with Crippen molar-refractivity contribution in [3.05, 3.63) is 77.6 Å². The molecule has 4 rings (SSSR count). The smallest absolute Gasteiger partial charge is 0.264 e. The molecule has 1 aromatic heterocycles. The quantitative estimate of drug-likeness (QED) is 0.550. The minimum absolute atomic E-state index is 0.0103. The Bertz CT molecular complexity index is 1210. The van der Waals surface area contributed by atoms with E-state index in [2.05, 4.69) is 24.9 Å². The molecule has 2 aromatic carbocycles. The fourth-order valence-electron chi connectivity index (χ4n) is 3.74. The van der Waals surface area contributed by atoms with Gasteiger partial charge in [-0.1, -0.05) is 18.6 Å². The van der Waals surface area contributed by atoms with E-state index in [-0.39, 0.29) is 16.8 Å². The van der Waals surface area contributed by atoms with Gasteiger partial charge in [0.15, 0.2) is 0 Å². The van der Waals surface area contributed by atoms with Gasteiger partial charge < -0.3 is 5.32 Å². The molecule has 2 N–H and O–H groups in total. The maximum Gasteiger partial charge on any atom is 0.264 e. The van der Waals surface area contributed by atoms with Gasteiger partial charge in [-0.2, -0.15) is 0 Å². The Morgan fingerprint density at radius 2 is 1.67 bits per heavy atom. The number of carbonyl (C=O) groups excluding carboxylic acids is 1. The zero-order chi connectivity index (χ0) is 23.3. The monoisotopic (exact) mass is 465 g/mol. The highest BCUT2D eigenvalue weighted by Crippen LogP contribution is 2.18. The minimum atomic E-state index is -3.84. The van der Waals surface area contributed by atoms with Crippen LogP contribution in [-0.2, 0) is 16.6 Å². The molecule has 8 nitrogen and oxygen atoms in total. The number of sulfonamides is 1. The molecule has 9 heteroatoms. The van der Waals surface area contributed by atoms with Crippen LogP contribution in [0, 0.1) is 6.92 Å². The molecule has 2 heterocycles. The molecule has 0 atom stereocenters. The number of carbonyl (C=O) groups is 1. The van der Waals surface area contributed by atoms with Crippen LogP contribution in [0.4, 0.5) is 11.6 Å². The highest BCUT2D eigenvalue weighted by atomic mass is 32.2. The molecule has 0 bridgehead atoms. The Morgan fingerprint density at radius 1 is 0.970 bits per heavy atom. The largest absolute Gasteiger partial charge is 0.322 e. The maximum atomic E-state index is 12.6. The second kappa shape index (κ2) is 10.1. The maximum absolute atomic E-state index is 12.6. The van der Waals surface area contributed by atoms with E-state index in [1.807, 2.05) is 24.3 Å². The van der Waals surface area contributed by atoms with Crippen molar-refractivity contribution in [3.63, 3.8) is 0 Å². The van der Waals surface area contributed by atoms with E-state index in [1.165, 1.54) is 43.2 Å². The number of hydrogen-bond donors (Lipinski definition) is 2. The number of piperidine rings is 1. The van der Waals surface area contributed by atoms with E-state index in [4.69, 9.17) is 0 Å². The lowest BCUT2D eigenvalue weighted by Gasteiger charge is -2.26. The molecule has 0 radical (unpaired) electrons. The molecule has 1 amide bonds. The van der Waals surface area contributed by atoms with Gasteiger partial charge in [0.1, 0.15) is 0 Å². The summed E-state index contributed by atoms with van der Waals surface area (Å²) in [5.74, 6) is -0.238. The van der Waals surface area contributed by atoms with Gasteiger partial charge in [-0.3, -0.25) is 9.69 Å². The predicted molar refractivity (Wildman–Crippen MR) is 128 cm³/mol. The van der Waals surface area contributed by atoms with Crippen molar-refractivity contribution in [1.29, 1.82) is 0 Å². The number of benzene rings is 2. The SMILES string of the molecule is Cc1ccnc(NS(=O)(=O)c2ccc(NC(=O)c3ccc(CN4CCCCC4)cc3)cc2)n1. The van der Waals surface area contributed by atoms with Gasteiger partial charge in [0.05, 0.1) is 4.90 Å². The molecule has 172 valence electrons. The van der Waals surface area contributed by atoms with Crippen molar-refractivity contribution in [2.24, 2.45) is 0 Å². The van der Waals surface area contributed by atoms with Gasteiger partial charge in [0.25, 0.3) is 15.9 Å². The topological polar surface area (TPSA) is 104 Å². The van der Waals surface area contributed by atoms with E-state index in [0.717, 1.165) is 19.6 Å². The number of aryl methyl sites for hydroxylation is 1. The van der Waals surface area contributed by atoms with Crippen LogP contribution in [0.3, 0.4) is 0 Å². The van der Waals surface area contributed by atoms with Crippen molar-refractivity contribution in [3.8, 4) is 0 Å². The van der Waals surface area contributed by atoms with Crippen molar-refractivity contribution in [2.45, 2.75) is 37.6 Å². The van der Waals surface area contributed by atoms with Crippen LogP contribution in [0.25, 0.3) is 0 Å². The van der Waals surface area contributed by atoms with Crippen LogP contribution >= 0.6 is 0 Å². The number of amides is 1. The first-order chi connectivity index (χ1) is 15.9. The van der Waals surface area contributed by atoms with E-state index in [1.54, 1.807) is 25.1 Å². The number of anilines is 2. The lowest BCUT2D eigenvalue weighted by Crippen LogP contribution is -2.29. The number of aromatic nitrogens is 2. The number of nitrogens with one attached hydrogen (secondary N) is 2. The van der Waals surface area contributed by atoms with Crippen LogP contribution in [0.2, 0.25) is 0 Å². The second-order valence-electron chi connectivity index (χ2n) is 8.14. The highest BCUT2D eigenvalue weighted by molar-refractivity contribution is 7.92. The van der Waals surface area contributed by atoms with Gasteiger partial charge >= 0.3 is 0 Å². The average molecular weight is 466 g/mol. The molecule has 0 spiro atoms. The van der Waals surface area contributed by atoms with E-state index >= 15 is 0 Å². The third-order valence-electron chi connectivity index (χ3n) is 5.51. The van der Waals surface area contributed by atoms with Crippen molar-refractivity contribution >= 4 is 27.6 Å². The van der Waals surface area contributed by atoms with Crippen LogP contribution in [0.5, 0.6) is 0 Å². The molecule has 1 saturated heterocycles. The van der Waals surface area contributed by atoms with Crippen molar-refractivity contribution in [2.75, 3.05) is 23.1 Å². The lowest BCUT2D eigenvalue weighted by atomic mass is 10.1. The zero-order valence-electron chi connectivity index (χ0n) is 18.5. The highest BCUT2D eigenvalue weighted by Gasteiger charge is 2.16. The molecule has 0 saturated carbocycles. The van der Waals surface area contributed by atoms with Crippen LogP contribution in [-0.4, -0.2) is 42.3 Å². The third kappa shape index (κ3) is 6.15. The minimum Gasteiger partial charge on any atom is -0.322 e. The summed E-state index contributed by atoms with van der Waals surface area (Å²) in [5.41, 5.74) is 2.89. The van der Waals surface area contributed by atoms with Crippen molar-refractivity contribution in [1.82, 2.24) is 14.9 Å². The Kier molecular flexibility index (Phi) is 7.00. The summed E-state index contributed by atoms with van der Waals surface area (Å²) < 4.78 is 27.5. The molecule has 33 heavy (non-hydrogen) atoms. The molecular formula is C24H27N5O3S. The van der Waals surface area contributed by atoms with Gasteiger partial charge in [-0.25, -0.2) is 23.1 Å². The Balaban J connectivity index is 1.36. The number of rotatable bonds is 7. The van der Waals surface area contributed by atoms with E-state index < -0.39 is 10.0 Å². The van der Waals surface area contributed by atoms with Crippen LogP contribution in [0.15, 0.2) is 65.7 Å². The summed E-state index contributed by atoms with van der Waals surface area (Å²) in [6.07, 6.45) is 5.28. The van der Waals surface area contributed by atoms with Gasteiger partial charge in [-0.05, 0) is 80.9 Å². The van der Waals surface area contributed by atoms with E-state index in [9.17, 15) is 13.2 Å². The first kappa shape index (κ1) is 22.9. The molecule has 0 aliphatic carbocycles. The average Bonchev–Trinajstić information content (AvgIpc) is 2.80. The van der Waals surface area contributed by atoms with Crippen LogP contribution < -0.4 is 10.0 Å². The molecular weight excluding hydrogens is 438 g/mol. The Labute approximate surface area is 194 Å². The molecule has 0 unspecified atom stereocenters. The summed E-state index contributed by atoms with van der Waals surface area (Å²) in [5, 5.41) is 2.81. The Morgan fingerprint density at radius 3 is 2.33 bits per heavy atom. The number of nitrogens with zero attached hydrogens (tertiary/aromatic N) is 3. The molecule has 3 aromatic rings.